The summed E-state index contributed by atoms with van der Waals surface area (Å²) in [7, 11) is -2.88. The quantitative estimate of drug-likeness (QED) is 0.533. The van der Waals surface area contributed by atoms with Crippen molar-refractivity contribution in [3.63, 3.8) is 0 Å². The second-order valence-electron chi connectivity index (χ2n) is 5.41. The van der Waals surface area contributed by atoms with Gasteiger partial charge in [0.1, 0.15) is 11.5 Å². The van der Waals surface area contributed by atoms with Crippen molar-refractivity contribution < 1.29 is 27.9 Å². The molecule has 0 spiro atoms. The zero-order chi connectivity index (χ0) is 19.0. The topological polar surface area (TPSA) is 77.4 Å². The van der Waals surface area contributed by atoms with Crippen LogP contribution >= 0.6 is 0 Å². The molecule has 0 heterocycles. The molecule has 146 valence electrons. The van der Waals surface area contributed by atoms with E-state index < -0.39 is 9.05 Å². The van der Waals surface area contributed by atoms with Gasteiger partial charge in [0.2, 0.25) is 0 Å². The first kappa shape index (κ1) is 23.9. The van der Waals surface area contributed by atoms with Crippen molar-refractivity contribution in [3.8, 4) is 11.5 Å². The Hall–Kier alpha value is -1.12. The minimum absolute atomic E-state index is 0.0880. The lowest BCUT2D eigenvalue weighted by molar-refractivity contribution is -0.0347. The largest absolute Gasteiger partial charge is 0.679 e. The Morgan fingerprint density at radius 2 is 1.00 bits per heavy atom. The number of hydrogen-bond acceptors (Lipinski definition) is 6. The van der Waals surface area contributed by atoms with Crippen molar-refractivity contribution in [2.24, 2.45) is 0 Å². The van der Waals surface area contributed by atoms with Gasteiger partial charge in [-0.3, -0.25) is 0 Å². The van der Waals surface area contributed by atoms with Crippen molar-refractivity contribution in [1.82, 2.24) is 0 Å². The van der Waals surface area contributed by atoms with E-state index in [4.69, 9.17) is 27.9 Å². The number of aromatic hydroxyl groups is 2. The lowest BCUT2D eigenvalue weighted by Gasteiger charge is -2.27. The monoisotopic (exact) mass is 374 g/mol. The fraction of sp³-hybridized carbons (Fsp3) is 0.667. The van der Waals surface area contributed by atoms with Crippen LogP contribution in [-0.4, -0.2) is 45.7 Å². The van der Waals surface area contributed by atoms with E-state index in [1.165, 1.54) is 18.2 Å². The molecule has 7 heteroatoms. The van der Waals surface area contributed by atoms with Gasteiger partial charge in [-0.15, -0.1) is 0 Å². The third kappa shape index (κ3) is 12.0. The molecule has 0 radical (unpaired) electrons. The van der Waals surface area contributed by atoms with Crippen molar-refractivity contribution in [3.05, 3.63) is 24.3 Å². The Labute approximate surface area is 153 Å². The SMILES string of the molecule is CCCO[Si](OCCC)(OCCC)OCCC.Oc1cccc(O)c1. The van der Waals surface area contributed by atoms with E-state index in [0.717, 1.165) is 25.7 Å². The van der Waals surface area contributed by atoms with Crippen molar-refractivity contribution in [1.29, 1.82) is 0 Å². The van der Waals surface area contributed by atoms with Crippen LogP contribution in [0, 0.1) is 0 Å². The Morgan fingerprint density at radius 3 is 1.20 bits per heavy atom. The molecule has 0 fully saturated rings. The summed E-state index contributed by atoms with van der Waals surface area (Å²) in [6.45, 7) is 10.8. The van der Waals surface area contributed by atoms with Crippen LogP contribution in [0.1, 0.15) is 53.4 Å². The molecule has 0 bridgehead atoms. The summed E-state index contributed by atoms with van der Waals surface area (Å²) < 4.78 is 23.0. The van der Waals surface area contributed by atoms with Gasteiger partial charge in [-0.25, -0.2) is 0 Å². The lowest BCUT2D eigenvalue weighted by Crippen LogP contribution is -2.50. The Balaban J connectivity index is 0.000000593. The summed E-state index contributed by atoms with van der Waals surface area (Å²) in [4.78, 5) is 0. The maximum atomic E-state index is 8.65. The van der Waals surface area contributed by atoms with Crippen LogP contribution in [0.4, 0.5) is 0 Å². The molecule has 25 heavy (non-hydrogen) atoms. The molecule has 0 atom stereocenters. The molecule has 1 aromatic rings. The molecule has 0 saturated heterocycles. The zero-order valence-electron chi connectivity index (χ0n) is 16.0. The average molecular weight is 375 g/mol. The molecule has 0 saturated carbocycles. The highest BCUT2D eigenvalue weighted by atomic mass is 28.4. The van der Waals surface area contributed by atoms with Gasteiger partial charge in [-0.1, -0.05) is 33.8 Å². The molecule has 0 unspecified atom stereocenters. The molecule has 0 amide bonds. The van der Waals surface area contributed by atoms with Crippen LogP contribution in [-0.2, 0) is 17.7 Å². The fourth-order valence-corrected chi connectivity index (χ4v) is 3.97. The molecule has 0 aromatic heterocycles. The van der Waals surface area contributed by atoms with Gasteiger partial charge in [0.15, 0.2) is 0 Å². The molecule has 1 rings (SSSR count). The summed E-state index contributed by atoms with van der Waals surface area (Å²) in [6, 6.07) is 5.85. The highest BCUT2D eigenvalue weighted by Crippen LogP contribution is 2.15. The van der Waals surface area contributed by atoms with Crippen LogP contribution < -0.4 is 0 Å². The molecule has 1 aromatic carbocycles. The smallest absolute Gasteiger partial charge is 0.508 e. The fourth-order valence-electron chi connectivity index (χ4n) is 1.65. The van der Waals surface area contributed by atoms with E-state index >= 15 is 0 Å². The summed E-state index contributed by atoms with van der Waals surface area (Å²) in [6.07, 6.45) is 3.76. The van der Waals surface area contributed by atoms with Gasteiger partial charge in [-0.2, -0.15) is 0 Å². The first-order valence-corrected chi connectivity index (χ1v) is 10.7. The van der Waals surface area contributed by atoms with Gasteiger partial charge in [-0.05, 0) is 37.8 Å². The van der Waals surface area contributed by atoms with Crippen molar-refractivity contribution in [2.75, 3.05) is 26.4 Å². The van der Waals surface area contributed by atoms with Gasteiger partial charge < -0.3 is 27.9 Å². The Kier molecular flexibility index (Phi) is 14.5. The molecule has 0 aliphatic carbocycles. The number of benzene rings is 1. The van der Waals surface area contributed by atoms with E-state index in [2.05, 4.69) is 27.7 Å². The molecular formula is C18H34O6Si. The highest BCUT2D eigenvalue weighted by molar-refractivity contribution is 6.53. The molecule has 0 aliphatic rings. The van der Waals surface area contributed by atoms with Crippen molar-refractivity contribution in [2.45, 2.75) is 53.4 Å². The number of phenolic OH excluding ortho intramolecular Hbond substituents is 2. The van der Waals surface area contributed by atoms with Crippen LogP contribution in [0.5, 0.6) is 11.5 Å². The molecule has 6 nitrogen and oxygen atoms in total. The Bertz CT molecular complexity index is 375. The van der Waals surface area contributed by atoms with E-state index in [0.29, 0.717) is 26.4 Å². The number of phenols is 2. The third-order valence-electron chi connectivity index (χ3n) is 2.76. The van der Waals surface area contributed by atoms with Crippen LogP contribution in [0.25, 0.3) is 0 Å². The van der Waals surface area contributed by atoms with Gasteiger partial charge in [0.05, 0.1) is 0 Å². The molecule has 0 aliphatic heterocycles. The lowest BCUT2D eigenvalue weighted by atomic mass is 10.3. The minimum Gasteiger partial charge on any atom is -0.508 e. The number of rotatable bonds is 12. The first-order chi connectivity index (χ1) is 12.0. The second-order valence-corrected chi connectivity index (χ2v) is 7.57. The third-order valence-corrected chi connectivity index (χ3v) is 4.99. The maximum absolute atomic E-state index is 8.65. The molecular weight excluding hydrogens is 340 g/mol. The van der Waals surface area contributed by atoms with Gasteiger partial charge in [0, 0.05) is 32.5 Å². The Morgan fingerprint density at radius 1 is 0.680 bits per heavy atom. The maximum Gasteiger partial charge on any atom is 0.679 e. The van der Waals surface area contributed by atoms with Gasteiger partial charge >= 0.3 is 9.05 Å². The molecule has 2 N–H and O–H groups in total. The van der Waals surface area contributed by atoms with Crippen LogP contribution in [0.3, 0.4) is 0 Å². The van der Waals surface area contributed by atoms with E-state index in [9.17, 15) is 0 Å². The predicted molar refractivity (Wildman–Crippen MR) is 100 cm³/mol. The number of hydrogen-bond donors (Lipinski definition) is 2. The van der Waals surface area contributed by atoms with Crippen molar-refractivity contribution >= 4 is 9.05 Å². The first-order valence-electron chi connectivity index (χ1n) is 9.07. The minimum atomic E-state index is -2.88. The van der Waals surface area contributed by atoms with E-state index in [-0.39, 0.29) is 11.5 Å². The zero-order valence-corrected chi connectivity index (χ0v) is 17.0. The second kappa shape index (κ2) is 15.2. The summed E-state index contributed by atoms with van der Waals surface area (Å²) in [5.74, 6) is 0.176. The highest BCUT2D eigenvalue weighted by Gasteiger charge is 2.45. The van der Waals surface area contributed by atoms with Crippen LogP contribution in [0.2, 0.25) is 0 Å². The summed E-state index contributed by atoms with van der Waals surface area (Å²) >= 11 is 0. The standard InChI is InChI=1S/C12H28O4Si.C6H6O2/c1-5-9-13-17(14-10-6-2,15-11-7-3)16-12-8-4;7-5-2-1-3-6(8)4-5/h5-12H2,1-4H3;1-4,7-8H. The van der Waals surface area contributed by atoms with E-state index in [1.807, 2.05) is 0 Å². The van der Waals surface area contributed by atoms with E-state index in [1.54, 1.807) is 6.07 Å². The summed E-state index contributed by atoms with van der Waals surface area (Å²) in [5, 5.41) is 17.3. The van der Waals surface area contributed by atoms with Gasteiger partial charge in [0.25, 0.3) is 0 Å². The normalized spacial score (nSPS) is 11.0. The summed E-state index contributed by atoms with van der Waals surface area (Å²) in [5.41, 5.74) is 0. The van der Waals surface area contributed by atoms with Crippen LogP contribution in [0.15, 0.2) is 24.3 Å². The predicted octanol–water partition coefficient (Wildman–Crippen LogP) is 4.23. The average Bonchev–Trinajstić information content (AvgIpc) is 2.61.